The quantitative estimate of drug-likeness (QED) is 0.823. The van der Waals surface area contributed by atoms with Gasteiger partial charge in [0.15, 0.2) is 0 Å². The van der Waals surface area contributed by atoms with Gasteiger partial charge in [-0.15, -0.1) is 0 Å². The Bertz CT molecular complexity index is 350. The lowest BCUT2D eigenvalue weighted by Crippen LogP contribution is -2.23. The maximum Gasteiger partial charge on any atom is -0.00485 e. The molecule has 1 nitrogen and oxygen atoms in total. The number of benzene rings is 1. The van der Waals surface area contributed by atoms with Crippen LogP contribution in [0.3, 0.4) is 0 Å². The SMILES string of the molecule is CC(C)(C)C1CC(CN)CC1c1ccccc1. The first-order chi connectivity index (χ1) is 8.02. The van der Waals surface area contributed by atoms with Crippen LogP contribution >= 0.6 is 0 Å². The molecular formula is C16H25N. The largest absolute Gasteiger partial charge is 0.330 e. The minimum atomic E-state index is 0.379. The summed E-state index contributed by atoms with van der Waals surface area (Å²) in [6.07, 6.45) is 2.56. The Balaban J connectivity index is 2.25. The summed E-state index contributed by atoms with van der Waals surface area (Å²) in [5, 5.41) is 0. The lowest BCUT2D eigenvalue weighted by atomic mass is 9.72. The maximum absolute atomic E-state index is 5.88. The van der Waals surface area contributed by atoms with Crippen molar-refractivity contribution < 1.29 is 0 Å². The number of nitrogens with two attached hydrogens (primary N) is 1. The first-order valence-electron chi connectivity index (χ1n) is 6.77. The van der Waals surface area contributed by atoms with E-state index in [4.69, 9.17) is 5.73 Å². The van der Waals surface area contributed by atoms with E-state index in [1.54, 1.807) is 0 Å². The van der Waals surface area contributed by atoms with Gasteiger partial charge < -0.3 is 5.73 Å². The smallest absolute Gasteiger partial charge is 0.00485 e. The van der Waals surface area contributed by atoms with E-state index >= 15 is 0 Å². The van der Waals surface area contributed by atoms with Gasteiger partial charge in [0.1, 0.15) is 0 Å². The maximum atomic E-state index is 5.88. The molecule has 1 aliphatic carbocycles. The minimum absolute atomic E-state index is 0.379. The molecule has 0 saturated heterocycles. The lowest BCUT2D eigenvalue weighted by Gasteiger charge is -2.32. The van der Waals surface area contributed by atoms with E-state index < -0.39 is 0 Å². The molecule has 1 aromatic carbocycles. The van der Waals surface area contributed by atoms with E-state index in [-0.39, 0.29) is 0 Å². The molecule has 3 atom stereocenters. The predicted molar refractivity (Wildman–Crippen MR) is 73.9 cm³/mol. The van der Waals surface area contributed by atoms with Crippen molar-refractivity contribution in [2.45, 2.75) is 39.5 Å². The van der Waals surface area contributed by atoms with Crippen molar-refractivity contribution in [1.29, 1.82) is 0 Å². The fraction of sp³-hybridized carbons (Fsp3) is 0.625. The molecule has 1 saturated carbocycles. The fourth-order valence-corrected chi connectivity index (χ4v) is 3.36. The van der Waals surface area contributed by atoms with Crippen LogP contribution < -0.4 is 5.73 Å². The molecule has 2 N–H and O–H groups in total. The Morgan fingerprint density at radius 3 is 2.29 bits per heavy atom. The Kier molecular flexibility index (Phi) is 3.58. The van der Waals surface area contributed by atoms with E-state index in [2.05, 4.69) is 51.1 Å². The van der Waals surface area contributed by atoms with Crippen molar-refractivity contribution in [3.05, 3.63) is 35.9 Å². The Morgan fingerprint density at radius 1 is 1.12 bits per heavy atom. The van der Waals surface area contributed by atoms with Gasteiger partial charge in [-0.3, -0.25) is 0 Å². The van der Waals surface area contributed by atoms with Crippen molar-refractivity contribution in [3.8, 4) is 0 Å². The molecule has 94 valence electrons. The van der Waals surface area contributed by atoms with Gasteiger partial charge in [0.2, 0.25) is 0 Å². The molecule has 1 aliphatic rings. The number of hydrogen-bond acceptors (Lipinski definition) is 1. The van der Waals surface area contributed by atoms with Crippen LogP contribution in [0.1, 0.15) is 45.1 Å². The molecule has 0 bridgehead atoms. The van der Waals surface area contributed by atoms with Crippen LogP contribution in [0.5, 0.6) is 0 Å². The van der Waals surface area contributed by atoms with Gasteiger partial charge >= 0.3 is 0 Å². The molecule has 17 heavy (non-hydrogen) atoms. The molecule has 0 aliphatic heterocycles. The normalized spacial score (nSPS) is 29.5. The van der Waals surface area contributed by atoms with Crippen LogP contribution in [0, 0.1) is 17.3 Å². The average molecular weight is 231 g/mol. The van der Waals surface area contributed by atoms with Gasteiger partial charge in [0.25, 0.3) is 0 Å². The fourth-order valence-electron chi connectivity index (χ4n) is 3.36. The lowest BCUT2D eigenvalue weighted by molar-refractivity contribution is 0.219. The van der Waals surface area contributed by atoms with Gasteiger partial charge in [-0.25, -0.2) is 0 Å². The first-order valence-corrected chi connectivity index (χ1v) is 6.77. The Hall–Kier alpha value is -0.820. The van der Waals surface area contributed by atoms with E-state index in [1.807, 2.05) is 0 Å². The van der Waals surface area contributed by atoms with Crippen LogP contribution in [0.4, 0.5) is 0 Å². The highest BCUT2D eigenvalue weighted by molar-refractivity contribution is 5.22. The van der Waals surface area contributed by atoms with Gasteiger partial charge in [0.05, 0.1) is 0 Å². The predicted octanol–water partition coefficient (Wildman–Crippen LogP) is 3.80. The molecule has 0 aromatic heterocycles. The molecule has 0 heterocycles. The van der Waals surface area contributed by atoms with Crippen molar-refractivity contribution >= 4 is 0 Å². The van der Waals surface area contributed by atoms with Crippen LogP contribution in [0.25, 0.3) is 0 Å². The molecule has 3 unspecified atom stereocenters. The second-order valence-corrected chi connectivity index (χ2v) is 6.56. The van der Waals surface area contributed by atoms with Gasteiger partial charge in [-0.1, -0.05) is 51.1 Å². The van der Waals surface area contributed by atoms with Crippen LogP contribution in [0.15, 0.2) is 30.3 Å². The molecule has 1 aromatic rings. The minimum Gasteiger partial charge on any atom is -0.330 e. The molecule has 0 spiro atoms. The summed E-state index contributed by atoms with van der Waals surface area (Å²) in [7, 11) is 0. The third-order valence-corrected chi connectivity index (χ3v) is 4.33. The average Bonchev–Trinajstić information content (AvgIpc) is 2.74. The van der Waals surface area contributed by atoms with Crippen LogP contribution in [-0.2, 0) is 0 Å². The van der Waals surface area contributed by atoms with Gasteiger partial charge in [-0.2, -0.15) is 0 Å². The highest BCUT2D eigenvalue weighted by Gasteiger charge is 2.40. The van der Waals surface area contributed by atoms with Crippen LogP contribution in [0.2, 0.25) is 0 Å². The van der Waals surface area contributed by atoms with Crippen molar-refractivity contribution in [3.63, 3.8) is 0 Å². The third-order valence-electron chi connectivity index (χ3n) is 4.33. The van der Waals surface area contributed by atoms with Gasteiger partial charge in [0, 0.05) is 0 Å². The second-order valence-electron chi connectivity index (χ2n) is 6.56. The van der Waals surface area contributed by atoms with Gasteiger partial charge in [-0.05, 0) is 48.1 Å². The zero-order valence-electron chi connectivity index (χ0n) is 11.3. The van der Waals surface area contributed by atoms with E-state index in [0.29, 0.717) is 17.3 Å². The molecule has 2 rings (SSSR count). The Labute approximate surface area is 105 Å². The zero-order valence-corrected chi connectivity index (χ0v) is 11.3. The van der Waals surface area contributed by atoms with E-state index in [9.17, 15) is 0 Å². The summed E-state index contributed by atoms with van der Waals surface area (Å²) in [5.41, 5.74) is 7.76. The van der Waals surface area contributed by atoms with Crippen LogP contribution in [-0.4, -0.2) is 6.54 Å². The van der Waals surface area contributed by atoms with E-state index in [1.165, 1.54) is 18.4 Å². The summed E-state index contributed by atoms with van der Waals surface area (Å²) in [6, 6.07) is 11.0. The number of rotatable bonds is 2. The molecule has 0 amide bonds. The summed E-state index contributed by atoms with van der Waals surface area (Å²) in [5.74, 6) is 2.17. The summed E-state index contributed by atoms with van der Waals surface area (Å²) in [4.78, 5) is 0. The summed E-state index contributed by atoms with van der Waals surface area (Å²) < 4.78 is 0. The monoisotopic (exact) mass is 231 g/mol. The molecule has 1 heteroatoms. The second kappa shape index (κ2) is 4.81. The molecular weight excluding hydrogens is 206 g/mol. The zero-order chi connectivity index (χ0) is 12.5. The molecule has 0 radical (unpaired) electrons. The summed E-state index contributed by atoms with van der Waals surface area (Å²) >= 11 is 0. The highest BCUT2D eigenvalue weighted by atomic mass is 14.6. The topological polar surface area (TPSA) is 26.0 Å². The summed E-state index contributed by atoms with van der Waals surface area (Å²) in [6.45, 7) is 7.95. The van der Waals surface area contributed by atoms with Crippen molar-refractivity contribution in [2.75, 3.05) is 6.54 Å². The van der Waals surface area contributed by atoms with Crippen molar-refractivity contribution in [1.82, 2.24) is 0 Å². The number of hydrogen-bond donors (Lipinski definition) is 1. The highest BCUT2D eigenvalue weighted by Crippen LogP contribution is 2.50. The standard InChI is InChI=1S/C16H25N/c1-16(2,3)15-10-12(11-17)9-14(15)13-7-5-4-6-8-13/h4-8,12,14-15H,9-11,17H2,1-3H3. The van der Waals surface area contributed by atoms with Crippen molar-refractivity contribution in [2.24, 2.45) is 23.0 Å². The third kappa shape index (κ3) is 2.71. The van der Waals surface area contributed by atoms with E-state index in [0.717, 1.165) is 12.5 Å². The molecule has 1 fully saturated rings. The Morgan fingerprint density at radius 2 is 1.76 bits per heavy atom. The first kappa shape index (κ1) is 12.6.